The van der Waals surface area contributed by atoms with Crippen LogP contribution in [-0.4, -0.2) is 64.9 Å². The van der Waals surface area contributed by atoms with Gasteiger partial charge in [0.1, 0.15) is 4.90 Å². The fraction of sp³-hybridized carbons (Fsp3) is 0.368. The zero-order chi connectivity index (χ0) is 19.9. The zero-order valence-electron chi connectivity index (χ0n) is 15.9. The average molecular weight is 401 g/mol. The molecule has 0 bridgehead atoms. The second-order valence-electron chi connectivity index (χ2n) is 7.09. The highest BCUT2D eigenvalue weighted by Crippen LogP contribution is 2.23. The van der Waals surface area contributed by atoms with Gasteiger partial charge in [-0.05, 0) is 44.5 Å². The molecule has 0 saturated carbocycles. The van der Waals surface area contributed by atoms with E-state index >= 15 is 0 Å². The fourth-order valence-corrected chi connectivity index (χ4v) is 5.56. The molecule has 28 heavy (non-hydrogen) atoms. The lowest BCUT2D eigenvalue weighted by Crippen LogP contribution is -2.37. The molecule has 9 heteroatoms. The molecular formula is C19H23N5O3S. The Kier molecular flexibility index (Phi) is 4.72. The number of nitrogens with one attached hydrogen (secondary N) is 2. The number of benzene rings is 1. The molecule has 8 nitrogen and oxygen atoms in total. The maximum atomic E-state index is 13.1. The summed E-state index contributed by atoms with van der Waals surface area (Å²) in [5.74, 6) is -0.0713. The van der Waals surface area contributed by atoms with Crippen molar-refractivity contribution in [1.29, 1.82) is 0 Å². The quantitative estimate of drug-likeness (QED) is 0.701. The number of aryl methyl sites for hydroxylation is 2. The van der Waals surface area contributed by atoms with Crippen molar-refractivity contribution in [2.75, 3.05) is 26.2 Å². The summed E-state index contributed by atoms with van der Waals surface area (Å²) in [6, 6.07) is 7.49. The molecule has 0 spiro atoms. The van der Waals surface area contributed by atoms with Gasteiger partial charge in [0.25, 0.3) is 5.91 Å². The van der Waals surface area contributed by atoms with Crippen LogP contribution in [-0.2, 0) is 10.0 Å². The van der Waals surface area contributed by atoms with Crippen molar-refractivity contribution in [3.8, 4) is 0 Å². The van der Waals surface area contributed by atoms with E-state index in [4.69, 9.17) is 0 Å². The van der Waals surface area contributed by atoms with E-state index in [0.29, 0.717) is 43.0 Å². The maximum Gasteiger partial charge on any atom is 0.253 e. The Bertz CT molecular complexity index is 1110. The Labute approximate surface area is 163 Å². The third-order valence-electron chi connectivity index (χ3n) is 5.20. The van der Waals surface area contributed by atoms with Gasteiger partial charge in [-0.1, -0.05) is 0 Å². The molecule has 0 unspecified atom stereocenters. The average Bonchev–Trinajstić information content (AvgIpc) is 3.17. The second kappa shape index (κ2) is 7.06. The van der Waals surface area contributed by atoms with E-state index in [1.807, 2.05) is 24.4 Å². The van der Waals surface area contributed by atoms with Crippen molar-refractivity contribution in [3.63, 3.8) is 0 Å². The summed E-state index contributed by atoms with van der Waals surface area (Å²) in [6.07, 6.45) is 2.43. The van der Waals surface area contributed by atoms with Crippen LogP contribution in [0.2, 0.25) is 0 Å². The first-order chi connectivity index (χ1) is 13.4. The summed E-state index contributed by atoms with van der Waals surface area (Å²) in [5, 5.41) is 7.72. The molecule has 0 atom stereocenters. The van der Waals surface area contributed by atoms with Crippen LogP contribution >= 0.6 is 0 Å². The molecule has 0 aliphatic carbocycles. The van der Waals surface area contributed by atoms with E-state index in [0.717, 1.165) is 10.9 Å². The summed E-state index contributed by atoms with van der Waals surface area (Å²) in [6.45, 7) is 4.93. The largest absolute Gasteiger partial charge is 0.361 e. The van der Waals surface area contributed by atoms with E-state index < -0.39 is 10.0 Å². The highest BCUT2D eigenvalue weighted by atomic mass is 32.2. The number of hydrogen-bond acceptors (Lipinski definition) is 4. The number of amides is 1. The minimum Gasteiger partial charge on any atom is -0.361 e. The first-order valence-electron chi connectivity index (χ1n) is 9.26. The molecule has 2 N–H and O–H groups in total. The molecule has 148 valence electrons. The van der Waals surface area contributed by atoms with Gasteiger partial charge >= 0.3 is 0 Å². The van der Waals surface area contributed by atoms with Gasteiger partial charge in [-0.2, -0.15) is 9.40 Å². The van der Waals surface area contributed by atoms with Crippen LogP contribution < -0.4 is 0 Å². The molecule has 3 aromatic rings. The number of hydrogen-bond donors (Lipinski definition) is 2. The fourth-order valence-electron chi connectivity index (χ4n) is 3.76. The molecule has 3 heterocycles. The first kappa shape index (κ1) is 18.7. The molecular weight excluding hydrogens is 378 g/mol. The molecule has 4 rings (SSSR count). The molecule has 1 aliphatic heterocycles. The molecule has 1 aliphatic rings. The van der Waals surface area contributed by atoms with Crippen molar-refractivity contribution < 1.29 is 13.2 Å². The monoisotopic (exact) mass is 401 g/mol. The van der Waals surface area contributed by atoms with Crippen LogP contribution in [0.1, 0.15) is 28.2 Å². The predicted octanol–water partition coefficient (Wildman–Crippen LogP) is 2.04. The van der Waals surface area contributed by atoms with Gasteiger partial charge in [0.15, 0.2) is 0 Å². The Hall–Kier alpha value is -2.65. The summed E-state index contributed by atoms with van der Waals surface area (Å²) in [5.41, 5.74) is 2.60. The number of rotatable bonds is 3. The highest BCUT2D eigenvalue weighted by molar-refractivity contribution is 7.89. The van der Waals surface area contributed by atoms with Gasteiger partial charge in [-0.3, -0.25) is 9.89 Å². The Balaban J connectivity index is 1.52. The van der Waals surface area contributed by atoms with Crippen LogP contribution in [0.4, 0.5) is 0 Å². The summed E-state index contributed by atoms with van der Waals surface area (Å²) in [7, 11) is -3.64. The second-order valence-corrected chi connectivity index (χ2v) is 8.97. The Morgan fingerprint density at radius 2 is 1.93 bits per heavy atom. The van der Waals surface area contributed by atoms with Crippen molar-refractivity contribution in [3.05, 3.63) is 47.4 Å². The molecule has 2 aromatic heterocycles. The van der Waals surface area contributed by atoms with Crippen molar-refractivity contribution >= 4 is 26.8 Å². The van der Waals surface area contributed by atoms with E-state index in [9.17, 15) is 13.2 Å². The number of H-pyrrole nitrogens is 2. The number of fused-ring (bicyclic) bond motifs is 1. The van der Waals surface area contributed by atoms with Gasteiger partial charge in [-0.15, -0.1) is 0 Å². The van der Waals surface area contributed by atoms with Gasteiger partial charge in [0.05, 0.1) is 11.4 Å². The van der Waals surface area contributed by atoms with Crippen LogP contribution in [0.25, 0.3) is 10.9 Å². The van der Waals surface area contributed by atoms with E-state index in [-0.39, 0.29) is 17.3 Å². The number of sulfonamides is 1. The molecule has 1 aromatic carbocycles. The van der Waals surface area contributed by atoms with Crippen molar-refractivity contribution in [2.45, 2.75) is 25.2 Å². The zero-order valence-corrected chi connectivity index (χ0v) is 16.7. The number of aromatic amines is 2. The van der Waals surface area contributed by atoms with Crippen LogP contribution in [0.5, 0.6) is 0 Å². The molecule has 1 saturated heterocycles. The number of carbonyl (C=O) groups is 1. The van der Waals surface area contributed by atoms with Crippen molar-refractivity contribution in [2.24, 2.45) is 0 Å². The molecule has 1 amide bonds. The Morgan fingerprint density at radius 3 is 2.68 bits per heavy atom. The summed E-state index contributed by atoms with van der Waals surface area (Å²) >= 11 is 0. The van der Waals surface area contributed by atoms with Crippen LogP contribution in [0.3, 0.4) is 0 Å². The lowest BCUT2D eigenvalue weighted by atomic mass is 10.1. The SMILES string of the molecule is Cc1n[nH]c(C)c1S(=O)(=O)N1CCCN(C(=O)c2ccc3[nH]ccc3c2)CC1. The van der Waals surface area contributed by atoms with Gasteiger partial charge < -0.3 is 9.88 Å². The van der Waals surface area contributed by atoms with E-state index in [2.05, 4.69) is 15.2 Å². The number of nitrogens with zero attached hydrogens (tertiary/aromatic N) is 3. The first-order valence-corrected chi connectivity index (χ1v) is 10.7. The minimum absolute atomic E-state index is 0.0713. The Morgan fingerprint density at radius 1 is 1.11 bits per heavy atom. The van der Waals surface area contributed by atoms with Gasteiger partial charge in [-0.25, -0.2) is 8.42 Å². The lowest BCUT2D eigenvalue weighted by Gasteiger charge is -2.22. The van der Waals surface area contributed by atoms with Gasteiger partial charge in [0.2, 0.25) is 10.0 Å². The maximum absolute atomic E-state index is 13.1. The van der Waals surface area contributed by atoms with Gasteiger partial charge in [0, 0.05) is 48.8 Å². The van der Waals surface area contributed by atoms with E-state index in [1.165, 1.54) is 4.31 Å². The van der Waals surface area contributed by atoms with Crippen LogP contribution in [0.15, 0.2) is 35.4 Å². The third kappa shape index (κ3) is 3.20. The standard InChI is InChI=1S/C19H23N5O3S/c1-13-18(14(2)22-21-13)28(26,27)24-9-3-8-23(10-11-24)19(25)16-4-5-17-15(12-16)6-7-20-17/h4-7,12,20H,3,8-11H2,1-2H3,(H,21,22). The molecule has 0 radical (unpaired) electrons. The lowest BCUT2D eigenvalue weighted by molar-refractivity contribution is 0.0764. The summed E-state index contributed by atoms with van der Waals surface area (Å²) < 4.78 is 27.6. The van der Waals surface area contributed by atoms with Crippen LogP contribution in [0, 0.1) is 13.8 Å². The molecule has 1 fully saturated rings. The number of carbonyl (C=O) groups excluding carboxylic acids is 1. The summed E-state index contributed by atoms with van der Waals surface area (Å²) in [4.78, 5) is 18.0. The van der Waals surface area contributed by atoms with Crippen molar-refractivity contribution in [1.82, 2.24) is 24.4 Å². The van der Waals surface area contributed by atoms with E-state index in [1.54, 1.807) is 24.8 Å². The smallest absolute Gasteiger partial charge is 0.253 e. The predicted molar refractivity (Wildman–Crippen MR) is 106 cm³/mol. The topological polar surface area (TPSA) is 102 Å². The normalized spacial score (nSPS) is 16.4. The highest BCUT2D eigenvalue weighted by Gasteiger charge is 2.32. The minimum atomic E-state index is -3.64. The number of aromatic nitrogens is 3. The third-order valence-corrected chi connectivity index (χ3v) is 7.36.